The average Bonchev–Trinajstić information content (AvgIpc) is 3.01. The molecule has 1 fully saturated rings. The van der Waals surface area contributed by atoms with Crippen LogP contribution in [0, 0.1) is 0 Å². The van der Waals surface area contributed by atoms with Gasteiger partial charge in [0.15, 0.2) is 5.16 Å². The Bertz CT molecular complexity index is 430. The molecule has 1 aliphatic rings. The number of hydrogen-bond donors (Lipinski definition) is 3. The number of thioether (sulfide) groups is 1. The van der Waals surface area contributed by atoms with Crippen molar-refractivity contribution in [3.63, 3.8) is 0 Å². The normalized spacial score (nSPS) is 17.1. The van der Waals surface area contributed by atoms with Gasteiger partial charge >= 0.3 is 6.03 Å². The van der Waals surface area contributed by atoms with Crippen LogP contribution in [0.2, 0.25) is 0 Å². The third-order valence-electron chi connectivity index (χ3n) is 2.98. The molecule has 1 aliphatic carbocycles. The van der Waals surface area contributed by atoms with Crippen LogP contribution in [0.1, 0.15) is 32.6 Å². The third-order valence-corrected chi connectivity index (χ3v) is 3.97. The third kappa shape index (κ3) is 4.23. The smallest absolute Gasteiger partial charge is 0.321 e. The minimum Gasteiger partial charge on any atom is -0.335 e. The lowest BCUT2D eigenvalue weighted by Crippen LogP contribution is -2.45. The molecule has 0 spiro atoms. The molecule has 1 aromatic rings. The Balaban J connectivity index is 1.74. The number of H-pyrrole nitrogens is 1. The fourth-order valence-corrected chi connectivity index (χ4v) is 2.69. The summed E-state index contributed by atoms with van der Waals surface area (Å²) >= 11 is 1.22. The molecule has 1 atom stereocenters. The first-order valence-electron chi connectivity index (χ1n) is 6.28. The molecule has 1 heterocycles. The summed E-state index contributed by atoms with van der Waals surface area (Å²) in [4.78, 5) is 27.3. The number of urea groups is 1. The van der Waals surface area contributed by atoms with Crippen molar-refractivity contribution in [2.24, 2.45) is 0 Å². The van der Waals surface area contributed by atoms with Gasteiger partial charge in [-0.1, -0.05) is 24.6 Å². The van der Waals surface area contributed by atoms with Gasteiger partial charge in [0.2, 0.25) is 5.91 Å². The summed E-state index contributed by atoms with van der Waals surface area (Å²) in [5.74, 6) is -0.336. The number of nitrogens with one attached hydrogen (secondary N) is 3. The first kappa shape index (κ1) is 13.9. The van der Waals surface area contributed by atoms with Crippen molar-refractivity contribution in [2.45, 2.75) is 49.1 Å². The lowest BCUT2D eigenvalue weighted by Gasteiger charge is -2.14. The molecule has 0 radical (unpaired) electrons. The molecule has 0 aromatic carbocycles. The van der Waals surface area contributed by atoms with Gasteiger partial charge in [0.1, 0.15) is 6.33 Å². The maximum atomic E-state index is 11.8. The Hall–Kier alpha value is -1.57. The summed E-state index contributed by atoms with van der Waals surface area (Å²) in [5.41, 5.74) is 0. The van der Waals surface area contributed by atoms with E-state index in [4.69, 9.17) is 0 Å². The summed E-state index contributed by atoms with van der Waals surface area (Å²) < 4.78 is 0. The molecule has 3 N–H and O–H groups in total. The van der Waals surface area contributed by atoms with Gasteiger partial charge in [0.05, 0.1) is 5.25 Å². The molecule has 19 heavy (non-hydrogen) atoms. The SMILES string of the molecule is C[C@H](Sc1ncn[nH]1)C(=O)NC(=O)NC1CCCC1. The molecular weight excluding hydrogens is 266 g/mol. The van der Waals surface area contributed by atoms with Crippen LogP contribution in [0.3, 0.4) is 0 Å². The number of nitrogens with zero attached hydrogens (tertiary/aromatic N) is 2. The van der Waals surface area contributed by atoms with E-state index >= 15 is 0 Å². The van der Waals surface area contributed by atoms with Gasteiger partial charge in [0.25, 0.3) is 0 Å². The van der Waals surface area contributed by atoms with Crippen molar-refractivity contribution in [1.82, 2.24) is 25.8 Å². The molecule has 2 rings (SSSR count). The van der Waals surface area contributed by atoms with Crippen LogP contribution in [-0.2, 0) is 4.79 Å². The van der Waals surface area contributed by atoms with E-state index in [0.717, 1.165) is 25.7 Å². The highest BCUT2D eigenvalue weighted by Crippen LogP contribution is 2.19. The first-order chi connectivity index (χ1) is 9.15. The average molecular weight is 283 g/mol. The highest BCUT2D eigenvalue weighted by molar-refractivity contribution is 8.00. The predicted molar refractivity (Wildman–Crippen MR) is 70.6 cm³/mol. The molecule has 0 bridgehead atoms. The second-order valence-electron chi connectivity index (χ2n) is 4.49. The summed E-state index contributed by atoms with van der Waals surface area (Å²) in [6, 6.07) is -0.216. The van der Waals surface area contributed by atoms with Gasteiger partial charge in [-0.3, -0.25) is 15.2 Å². The number of rotatable bonds is 4. The molecular formula is C11H17N5O2S. The predicted octanol–water partition coefficient (Wildman–Crippen LogP) is 1.05. The Labute approximate surface area is 115 Å². The minimum atomic E-state index is -0.415. The van der Waals surface area contributed by atoms with Gasteiger partial charge in [0, 0.05) is 6.04 Å². The molecule has 0 saturated heterocycles. The Morgan fingerprint density at radius 1 is 1.47 bits per heavy atom. The number of carbonyl (C=O) groups is 2. The van der Waals surface area contributed by atoms with E-state index < -0.39 is 11.3 Å². The van der Waals surface area contributed by atoms with Crippen LogP contribution in [-0.4, -0.2) is 38.4 Å². The van der Waals surface area contributed by atoms with Gasteiger partial charge < -0.3 is 5.32 Å². The number of aromatic nitrogens is 3. The Morgan fingerprint density at radius 2 is 2.21 bits per heavy atom. The van der Waals surface area contributed by atoms with Crippen molar-refractivity contribution in [3.05, 3.63) is 6.33 Å². The van der Waals surface area contributed by atoms with Crippen molar-refractivity contribution in [2.75, 3.05) is 0 Å². The topological polar surface area (TPSA) is 99.8 Å². The molecule has 7 nitrogen and oxygen atoms in total. The standard InChI is InChI=1S/C11H17N5O2S/c1-7(19-11-12-6-13-16-11)9(17)15-10(18)14-8-4-2-3-5-8/h6-8H,2-5H2,1H3,(H,12,13,16)(H2,14,15,17,18)/t7-/m0/s1. The maximum absolute atomic E-state index is 11.8. The van der Waals surface area contributed by atoms with Crippen molar-refractivity contribution in [1.29, 1.82) is 0 Å². The van der Waals surface area contributed by atoms with Crippen LogP contribution in [0.15, 0.2) is 11.5 Å². The van der Waals surface area contributed by atoms with E-state index in [2.05, 4.69) is 25.8 Å². The number of hydrogen-bond acceptors (Lipinski definition) is 5. The van der Waals surface area contributed by atoms with Crippen LogP contribution < -0.4 is 10.6 Å². The Morgan fingerprint density at radius 3 is 2.84 bits per heavy atom. The second-order valence-corrected chi connectivity index (χ2v) is 5.82. The van der Waals surface area contributed by atoms with Gasteiger partial charge in [-0.15, -0.1) is 0 Å². The summed E-state index contributed by atoms with van der Waals surface area (Å²) in [6.45, 7) is 1.71. The summed E-state index contributed by atoms with van der Waals surface area (Å²) in [5, 5.41) is 11.6. The van der Waals surface area contributed by atoms with E-state index in [1.165, 1.54) is 18.1 Å². The highest BCUT2D eigenvalue weighted by atomic mass is 32.2. The van der Waals surface area contributed by atoms with E-state index in [1.807, 2.05) is 0 Å². The number of aromatic amines is 1. The second kappa shape index (κ2) is 6.55. The molecule has 1 saturated carbocycles. The molecule has 0 aliphatic heterocycles. The zero-order chi connectivity index (χ0) is 13.7. The maximum Gasteiger partial charge on any atom is 0.321 e. The molecule has 1 aromatic heterocycles. The van der Waals surface area contributed by atoms with Gasteiger partial charge in [-0.2, -0.15) is 5.10 Å². The van der Waals surface area contributed by atoms with Crippen LogP contribution in [0.25, 0.3) is 0 Å². The van der Waals surface area contributed by atoms with Crippen molar-refractivity contribution < 1.29 is 9.59 Å². The van der Waals surface area contributed by atoms with Crippen molar-refractivity contribution >= 4 is 23.7 Å². The Kier molecular flexibility index (Phi) is 4.78. The van der Waals surface area contributed by atoms with Gasteiger partial charge in [-0.25, -0.2) is 9.78 Å². The molecule has 0 unspecified atom stereocenters. The quantitative estimate of drug-likeness (QED) is 0.717. The molecule has 8 heteroatoms. The number of imide groups is 1. The zero-order valence-electron chi connectivity index (χ0n) is 10.7. The fourth-order valence-electron chi connectivity index (χ4n) is 1.98. The monoisotopic (exact) mass is 283 g/mol. The molecule has 3 amide bonds. The number of carbonyl (C=O) groups excluding carboxylic acids is 2. The fraction of sp³-hybridized carbons (Fsp3) is 0.636. The van der Waals surface area contributed by atoms with Gasteiger partial charge in [-0.05, 0) is 19.8 Å². The van der Waals surface area contributed by atoms with E-state index in [1.54, 1.807) is 6.92 Å². The summed E-state index contributed by atoms with van der Waals surface area (Å²) in [7, 11) is 0. The molecule has 104 valence electrons. The van der Waals surface area contributed by atoms with E-state index in [0.29, 0.717) is 5.16 Å². The lowest BCUT2D eigenvalue weighted by atomic mass is 10.2. The minimum absolute atomic E-state index is 0.199. The highest BCUT2D eigenvalue weighted by Gasteiger charge is 2.21. The largest absolute Gasteiger partial charge is 0.335 e. The van der Waals surface area contributed by atoms with E-state index in [-0.39, 0.29) is 11.9 Å². The first-order valence-corrected chi connectivity index (χ1v) is 7.16. The van der Waals surface area contributed by atoms with Crippen LogP contribution in [0.5, 0.6) is 0 Å². The number of amides is 3. The zero-order valence-corrected chi connectivity index (χ0v) is 11.5. The van der Waals surface area contributed by atoms with Crippen LogP contribution in [0.4, 0.5) is 4.79 Å². The van der Waals surface area contributed by atoms with E-state index in [9.17, 15) is 9.59 Å². The van der Waals surface area contributed by atoms with Crippen LogP contribution >= 0.6 is 11.8 Å². The lowest BCUT2D eigenvalue weighted by molar-refractivity contribution is -0.119. The summed E-state index contributed by atoms with van der Waals surface area (Å²) in [6.07, 6.45) is 5.63. The van der Waals surface area contributed by atoms with Crippen molar-refractivity contribution in [3.8, 4) is 0 Å².